The third-order valence-corrected chi connectivity index (χ3v) is 3.46. The molecule has 0 aliphatic rings. The van der Waals surface area contributed by atoms with E-state index < -0.39 is 0 Å². The Labute approximate surface area is 135 Å². The zero-order valence-corrected chi connectivity index (χ0v) is 13.4. The van der Waals surface area contributed by atoms with Gasteiger partial charge in [-0.15, -0.1) is 5.10 Å². The third kappa shape index (κ3) is 4.46. The summed E-state index contributed by atoms with van der Waals surface area (Å²) in [6.07, 6.45) is 4.26. The molecule has 7 nitrogen and oxygen atoms in total. The number of carbonyl (C=O) groups is 1. The Bertz CT molecular complexity index is 661. The van der Waals surface area contributed by atoms with Gasteiger partial charge < -0.3 is 11.1 Å². The average Bonchev–Trinajstić information content (AvgIpc) is 3.04. The molecule has 0 saturated carbocycles. The van der Waals surface area contributed by atoms with E-state index in [1.54, 1.807) is 24.1 Å². The molecule has 0 spiro atoms. The van der Waals surface area contributed by atoms with E-state index in [2.05, 4.69) is 39.7 Å². The lowest BCUT2D eigenvalue weighted by atomic mass is 10.0. The Balaban J connectivity index is 2.12. The zero-order chi connectivity index (χ0) is 16.7. The number of rotatable bonds is 7. The maximum Gasteiger partial charge on any atom is 0.274 e. The number of hydrogen-bond acceptors (Lipinski definition) is 5. The molecule has 3 N–H and O–H groups in total. The minimum absolute atomic E-state index is 0.262. The molecule has 122 valence electrons. The van der Waals surface area contributed by atoms with Crippen molar-refractivity contribution in [1.29, 1.82) is 0 Å². The van der Waals surface area contributed by atoms with Crippen LogP contribution in [0.3, 0.4) is 0 Å². The van der Waals surface area contributed by atoms with Crippen LogP contribution in [0.1, 0.15) is 34.6 Å². The van der Waals surface area contributed by atoms with Crippen LogP contribution in [-0.4, -0.2) is 40.7 Å². The lowest BCUT2D eigenvalue weighted by Gasteiger charge is -2.14. The average molecular weight is 314 g/mol. The standard InChI is InChI=1S/C16H22N6O/c1-3-12-4-6-13(7-5-12)14(10-18-2)19-16(23)15-11-22(9-8-17)21-20-15/h4-7,10-11,14H,3,8-9,17H2,1-2H3,(H,19,23). The van der Waals surface area contributed by atoms with Gasteiger partial charge in [-0.25, -0.2) is 0 Å². The molecule has 1 heterocycles. The normalized spacial score (nSPS) is 12.5. The van der Waals surface area contributed by atoms with E-state index in [9.17, 15) is 4.79 Å². The maximum absolute atomic E-state index is 12.3. The predicted octanol–water partition coefficient (Wildman–Crippen LogP) is 0.971. The number of nitrogens with two attached hydrogens (primary N) is 1. The third-order valence-electron chi connectivity index (χ3n) is 3.46. The van der Waals surface area contributed by atoms with Crippen LogP contribution in [0.25, 0.3) is 0 Å². The topological polar surface area (TPSA) is 98.2 Å². The number of nitrogens with zero attached hydrogens (tertiary/aromatic N) is 4. The summed E-state index contributed by atoms with van der Waals surface area (Å²) < 4.78 is 1.55. The summed E-state index contributed by atoms with van der Waals surface area (Å²) in [7, 11) is 1.68. The summed E-state index contributed by atoms with van der Waals surface area (Å²) in [6, 6.07) is 7.79. The summed E-state index contributed by atoms with van der Waals surface area (Å²) in [5.74, 6) is -0.294. The molecule has 23 heavy (non-hydrogen) atoms. The lowest BCUT2D eigenvalue weighted by molar-refractivity contribution is 0.0942. The van der Waals surface area contributed by atoms with Crippen LogP contribution in [-0.2, 0) is 13.0 Å². The van der Waals surface area contributed by atoms with Crippen molar-refractivity contribution in [3.63, 3.8) is 0 Å². The van der Waals surface area contributed by atoms with Crippen LogP contribution in [0.2, 0.25) is 0 Å². The van der Waals surface area contributed by atoms with Crippen LogP contribution >= 0.6 is 0 Å². The zero-order valence-electron chi connectivity index (χ0n) is 13.4. The first kappa shape index (κ1) is 16.8. The van der Waals surface area contributed by atoms with Gasteiger partial charge in [0.2, 0.25) is 0 Å². The van der Waals surface area contributed by atoms with E-state index in [-0.39, 0.29) is 17.6 Å². The lowest BCUT2D eigenvalue weighted by Crippen LogP contribution is -2.29. The Morgan fingerprint density at radius 2 is 2.17 bits per heavy atom. The van der Waals surface area contributed by atoms with Gasteiger partial charge in [-0.2, -0.15) is 0 Å². The van der Waals surface area contributed by atoms with Crippen LogP contribution < -0.4 is 11.1 Å². The van der Waals surface area contributed by atoms with Crippen molar-refractivity contribution < 1.29 is 4.79 Å². The molecule has 0 saturated heterocycles. The number of carbonyl (C=O) groups excluding carboxylic acids is 1. The number of aromatic nitrogens is 3. The minimum Gasteiger partial charge on any atom is -0.339 e. The predicted molar refractivity (Wildman–Crippen MR) is 89.5 cm³/mol. The van der Waals surface area contributed by atoms with E-state index in [4.69, 9.17) is 5.73 Å². The molecule has 1 unspecified atom stereocenters. The van der Waals surface area contributed by atoms with Crippen molar-refractivity contribution in [3.05, 3.63) is 47.3 Å². The SMILES string of the molecule is CCc1ccc(C(C=NC)NC(=O)c2cn(CCN)nn2)cc1. The number of benzene rings is 1. The van der Waals surface area contributed by atoms with Gasteiger partial charge in [-0.3, -0.25) is 14.5 Å². The highest BCUT2D eigenvalue weighted by Gasteiger charge is 2.16. The molecule has 7 heteroatoms. The molecule has 0 aliphatic carbocycles. The van der Waals surface area contributed by atoms with E-state index in [0.717, 1.165) is 12.0 Å². The van der Waals surface area contributed by atoms with E-state index >= 15 is 0 Å². The molecule has 0 fully saturated rings. The molecular formula is C16H22N6O. The first-order valence-electron chi connectivity index (χ1n) is 7.60. The number of aryl methyl sites for hydroxylation is 1. The molecular weight excluding hydrogens is 292 g/mol. The van der Waals surface area contributed by atoms with Crippen molar-refractivity contribution in [2.75, 3.05) is 13.6 Å². The van der Waals surface area contributed by atoms with E-state index in [1.807, 2.05) is 12.1 Å². The molecule has 0 bridgehead atoms. The second-order valence-electron chi connectivity index (χ2n) is 5.11. The van der Waals surface area contributed by atoms with Crippen LogP contribution in [0.5, 0.6) is 0 Å². The second-order valence-corrected chi connectivity index (χ2v) is 5.11. The monoisotopic (exact) mass is 314 g/mol. The molecule has 0 aliphatic heterocycles. The molecule has 0 radical (unpaired) electrons. The first-order chi connectivity index (χ1) is 11.2. The van der Waals surface area contributed by atoms with Gasteiger partial charge in [-0.1, -0.05) is 36.4 Å². The summed E-state index contributed by atoms with van der Waals surface area (Å²) in [6.45, 7) is 3.07. The van der Waals surface area contributed by atoms with Crippen LogP contribution in [0.4, 0.5) is 0 Å². The molecule has 2 rings (SSSR count). The van der Waals surface area contributed by atoms with Gasteiger partial charge in [0.05, 0.1) is 18.8 Å². The van der Waals surface area contributed by atoms with Crippen molar-refractivity contribution >= 4 is 12.1 Å². The largest absolute Gasteiger partial charge is 0.339 e. The second kappa shape index (κ2) is 8.19. The molecule has 2 aromatic rings. The smallest absolute Gasteiger partial charge is 0.274 e. The Morgan fingerprint density at radius 1 is 1.43 bits per heavy atom. The van der Waals surface area contributed by atoms with Crippen LogP contribution in [0.15, 0.2) is 35.5 Å². The Hall–Kier alpha value is -2.54. The quantitative estimate of drug-likeness (QED) is 0.744. The Morgan fingerprint density at radius 3 is 2.78 bits per heavy atom. The fourth-order valence-electron chi connectivity index (χ4n) is 2.18. The van der Waals surface area contributed by atoms with E-state index in [0.29, 0.717) is 13.1 Å². The van der Waals surface area contributed by atoms with Crippen molar-refractivity contribution in [1.82, 2.24) is 20.3 Å². The van der Waals surface area contributed by atoms with Gasteiger partial charge in [0.15, 0.2) is 5.69 Å². The number of hydrogen-bond donors (Lipinski definition) is 2. The highest BCUT2D eigenvalue weighted by molar-refractivity contribution is 5.94. The molecule has 1 amide bonds. The van der Waals surface area contributed by atoms with Gasteiger partial charge in [0.1, 0.15) is 0 Å². The Kier molecular flexibility index (Phi) is 5.99. The minimum atomic E-state index is -0.307. The highest BCUT2D eigenvalue weighted by Crippen LogP contribution is 2.13. The van der Waals surface area contributed by atoms with Gasteiger partial charge in [-0.05, 0) is 17.5 Å². The molecule has 1 atom stereocenters. The molecule has 1 aromatic heterocycles. The van der Waals surface area contributed by atoms with Gasteiger partial charge >= 0.3 is 0 Å². The van der Waals surface area contributed by atoms with Crippen LogP contribution in [0, 0.1) is 0 Å². The highest BCUT2D eigenvalue weighted by atomic mass is 16.2. The number of amides is 1. The van der Waals surface area contributed by atoms with Crippen molar-refractivity contribution in [3.8, 4) is 0 Å². The first-order valence-corrected chi connectivity index (χ1v) is 7.60. The summed E-state index contributed by atoms with van der Waals surface area (Å²) in [5, 5.41) is 10.6. The van der Waals surface area contributed by atoms with Gasteiger partial charge in [0.25, 0.3) is 5.91 Å². The number of aliphatic imine (C=N–C) groups is 1. The molecule has 1 aromatic carbocycles. The fourth-order valence-corrected chi connectivity index (χ4v) is 2.18. The summed E-state index contributed by atoms with van der Waals surface area (Å²) >= 11 is 0. The van der Waals surface area contributed by atoms with Crippen molar-refractivity contribution in [2.45, 2.75) is 25.9 Å². The number of nitrogens with one attached hydrogen (secondary N) is 1. The van der Waals surface area contributed by atoms with E-state index in [1.165, 1.54) is 5.56 Å². The summed E-state index contributed by atoms with van der Waals surface area (Å²) in [5.41, 5.74) is 7.94. The van der Waals surface area contributed by atoms with Crippen molar-refractivity contribution in [2.24, 2.45) is 10.7 Å². The fraction of sp³-hybridized carbons (Fsp3) is 0.375. The summed E-state index contributed by atoms with van der Waals surface area (Å²) in [4.78, 5) is 16.4. The maximum atomic E-state index is 12.3. The van der Waals surface area contributed by atoms with Gasteiger partial charge in [0, 0.05) is 19.8 Å².